The molecule has 0 bridgehead atoms. The maximum absolute atomic E-state index is 13.4. The maximum Gasteiger partial charge on any atom is 0.491 e. The van der Waals surface area contributed by atoms with Gasteiger partial charge < -0.3 is 9.31 Å². The lowest BCUT2D eigenvalue weighted by molar-refractivity contribution is 0.00578. The molecule has 124 valence electrons. The van der Waals surface area contributed by atoms with E-state index >= 15 is 0 Å². The predicted molar refractivity (Wildman–Crippen MR) is 94.3 cm³/mol. The summed E-state index contributed by atoms with van der Waals surface area (Å²) in [6.45, 7) is 9.31. The van der Waals surface area contributed by atoms with Crippen molar-refractivity contribution in [1.82, 2.24) is 0 Å². The van der Waals surface area contributed by atoms with Gasteiger partial charge in [-0.25, -0.2) is 4.39 Å². The van der Waals surface area contributed by atoms with Gasteiger partial charge in [-0.15, -0.1) is 0 Å². The van der Waals surface area contributed by atoms with Crippen LogP contribution in [0.3, 0.4) is 0 Å². The van der Waals surface area contributed by atoms with Gasteiger partial charge in [0.1, 0.15) is 5.82 Å². The molecule has 3 nitrogen and oxygen atoms in total. The van der Waals surface area contributed by atoms with Gasteiger partial charge in [0.2, 0.25) is 0 Å². The van der Waals surface area contributed by atoms with Crippen LogP contribution in [0.1, 0.15) is 50.5 Å². The van der Waals surface area contributed by atoms with Crippen LogP contribution < -0.4 is 0 Å². The minimum atomic E-state index is -0.539. The summed E-state index contributed by atoms with van der Waals surface area (Å²) < 4.78 is 25.4. The molecule has 23 heavy (non-hydrogen) atoms. The number of Topliss-reactive ketones (excluding diaryl/α,β-unsaturated/α-hetero) is 1. The van der Waals surface area contributed by atoms with Crippen LogP contribution >= 0.6 is 12.6 Å². The molecule has 1 heterocycles. The van der Waals surface area contributed by atoms with E-state index in [1.54, 1.807) is 12.1 Å². The largest absolute Gasteiger partial charge is 0.491 e. The van der Waals surface area contributed by atoms with E-state index in [4.69, 9.17) is 9.31 Å². The lowest BCUT2D eigenvalue weighted by Crippen LogP contribution is -2.41. The molecule has 1 aliphatic heterocycles. The van der Waals surface area contributed by atoms with E-state index in [0.29, 0.717) is 16.9 Å². The Hall–Kier alpha value is -1.11. The van der Waals surface area contributed by atoms with Crippen LogP contribution in [-0.4, -0.2) is 29.9 Å². The number of carbonyl (C=O) groups excluding carboxylic acids is 1. The highest BCUT2D eigenvalue weighted by Gasteiger charge is 2.52. The van der Waals surface area contributed by atoms with E-state index in [-0.39, 0.29) is 5.78 Å². The minimum Gasteiger partial charge on any atom is -0.400 e. The van der Waals surface area contributed by atoms with E-state index in [1.165, 1.54) is 19.1 Å². The normalized spacial score (nSPS) is 20.0. The first kappa shape index (κ1) is 18.2. The molecular formula is C17H22BFO3S. The lowest BCUT2D eigenvalue weighted by Gasteiger charge is -2.32. The second kappa shape index (κ2) is 6.42. The van der Waals surface area contributed by atoms with Gasteiger partial charge in [0.25, 0.3) is 0 Å². The van der Waals surface area contributed by atoms with Crippen molar-refractivity contribution in [1.29, 1.82) is 0 Å². The number of ketones is 1. The third-order valence-electron chi connectivity index (χ3n) is 4.47. The number of benzene rings is 1. The smallest absolute Gasteiger partial charge is 0.400 e. The van der Waals surface area contributed by atoms with Crippen LogP contribution in [-0.2, 0) is 9.31 Å². The summed E-state index contributed by atoms with van der Waals surface area (Å²) in [5.41, 5.74) is 0.859. The molecule has 1 saturated heterocycles. The molecule has 1 aliphatic rings. The molecule has 2 rings (SSSR count). The van der Waals surface area contributed by atoms with E-state index in [2.05, 4.69) is 12.6 Å². The standard InChI is InChI=1S/C17H22BFO3S/c1-11(20)15-9-14(19)7-6-12(15)8-13(10-23)18-21-16(2,3)17(4,5)22-18/h6-9,23H,10H2,1-5H3. The van der Waals surface area contributed by atoms with Crippen LogP contribution in [0, 0.1) is 5.82 Å². The highest BCUT2D eigenvalue weighted by molar-refractivity contribution is 7.80. The van der Waals surface area contributed by atoms with Crippen molar-refractivity contribution in [3.63, 3.8) is 0 Å². The van der Waals surface area contributed by atoms with E-state index < -0.39 is 24.1 Å². The van der Waals surface area contributed by atoms with Crippen molar-refractivity contribution in [2.24, 2.45) is 0 Å². The third kappa shape index (κ3) is 3.70. The Morgan fingerprint density at radius 3 is 2.30 bits per heavy atom. The zero-order chi connectivity index (χ0) is 17.4. The van der Waals surface area contributed by atoms with Gasteiger partial charge in [-0.3, -0.25) is 4.79 Å². The van der Waals surface area contributed by atoms with Gasteiger partial charge in [0, 0.05) is 11.3 Å². The zero-order valence-corrected chi connectivity index (χ0v) is 15.0. The number of carbonyl (C=O) groups is 1. The van der Waals surface area contributed by atoms with Crippen LogP contribution in [0.25, 0.3) is 6.08 Å². The van der Waals surface area contributed by atoms with Crippen molar-refractivity contribution in [2.45, 2.75) is 45.8 Å². The highest BCUT2D eigenvalue weighted by Crippen LogP contribution is 2.39. The number of rotatable bonds is 4. The highest BCUT2D eigenvalue weighted by atomic mass is 32.1. The molecule has 6 heteroatoms. The maximum atomic E-state index is 13.4. The molecule has 0 unspecified atom stereocenters. The molecular weight excluding hydrogens is 314 g/mol. The first-order valence-electron chi connectivity index (χ1n) is 7.55. The summed E-state index contributed by atoms with van der Waals surface area (Å²) in [6, 6.07) is 4.16. The Labute approximate surface area is 142 Å². The van der Waals surface area contributed by atoms with Crippen LogP contribution in [0.15, 0.2) is 23.7 Å². The Morgan fingerprint density at radius 1 is 1.26 bits per heavy atom. The fourth-order valence-electron chi connectivity index (χ4n) is 2.34. The quantitative estimate of drug-likeness (QED) is 0.513. The SMILES string of the molecule is CC(=O)c1cc(F)ccc1C=C(CS)B1OC(C)(C)C(C)(C)O1. The summed E-state index contributed by atoms with van der Waals surface area (Å²) in [5.74, 6) is -0.218. The van der Waals surface area contributed by atoms with E-state index in [1.807, 2.05) is 27.7 Å². The summed E-state index contributed by atoms with van der Waals surface area (Å²) in [7, 11) is -0.539. The van der Waals surface area contributed by atoms with Crippen LogP contribution in [0.2, 0.25) is 0 Å². The Bertz CT molecular complexity index is 639. The third-order valence-corrected chi connectivity index (χ3v) is 4.84. The number of thiol groups is 1. The molecule has 0 atom stereocenters. The fraction of sp³-hybridized carbons (Fsp3) is 0.471. The van der Waals surface area contributed by atoms with Crippen LogP contribution in [0.4, 0.5) is 4.39 Å². The van der Waals surface area contributed by atoms with Gasteiger partial charge in [-0.05, 0) is 57.8 Å². The van der Waals surface area contributed by atoms with Gasteiger partial charge in [0.05, 0.1) is 11.2 Å². The Balaban J connectivity index is 2.40. The van der Waals surface area contributed by atoms with Gasteiger partial charge in [0.15, 0.2) is 5.78 Å². The number of hydrogen-bond donors (Lipinski definition) is 1. The molecule has 1 aromatic rings. The molecule has 1 fully saturated rings. The van der Waals surface area contributed by atoms with Gasteiger partial charge in [-0.2, -0.15) is 12.6 Å². The molecule has 0 aromatic heterocycles. The Kier molecular flexibility index (Phi) is 5.09. The van der Waals surface area contributed by atoms with Gasteiger partial charge >= 0.3 is 7.12 Å². The molecule has 0 spiro atoms. The lowest BCUT2D eigenvalue weighted by atomic mass is 9.78. The van der Waals surface area contributed by atoms with E-state index in [9.17, 15) is 9.18 Å². The zero-order valence-electron chi connectivity index (χ0n) is 14.1. The minimum absolute atomic E-state index is 0.191. The van der Waals surface area contributed by atoms with Crippen LogP contribution in [0.5, 0.6) is 0 Å². The summed E-state index contributed by atoms with van der Waals surface area (Å²) in [6.07, 6.45) is 1.80. The summed E-state index contributed by atoms with van der Waals surface area (Å²) in [5, 5.41) is 0. The van der Waals surface area contributed by atoms with Crippen molar-refractivity contribution in [2.75, 3.05) is 5.75 Å². The molecule has 0 aliphatic carbocycles. The van der Waals surface area contributed by atoms with Crippen molar-refractivity contribution >= 4 is 31.6 Å². The molecule has 0 N–H and O–H groups in total. The average Bonchev–Trinajstić information content (AvgIpc) is 2.65. The molecule has 1 aromatic carbocycles. The van der Waals surface area contributed by atoms with Crippen molar-refractivity contribution in [3.05, 3.63) is 40.6 Å². The molecule has 0 saturated carbocycles. The second-order valence-electron chi connectivity index (χ2n) is 6.75. The predicted octanol–water partition coefficient (Wildman–Crippen LogP) is 3.97. The Morgan fingerprint density at radius 2 is 1.83 bits per heavy atom. The number of hydrogen-bond acceptors (Lipinski definition) is 4. The summed E-state index contributed by atoms with van der Waals surface area (Å²) in [4.78, 5) is 11.7. The number of halogens is 1. The van der Waals surface area contributed by atoms with E-state index in [0.717, 1.165) is 5.47 Å². The first-order valence-corrected chi connectivity index (χ1v) is 8.18. The van der Waals surface area contributed by atoms with Crippen molar-refractivity contribution in [3.8, 4) is 0 Å². The topological polar surface area (TPSA) is 35.5 Å². The monoisotopic (exact) mass is 336 g/mol. The fourth-order valence-corrected chi connectivity index (χ4v) is 2.58. The second-order valence-corrected chi connectivity index (χ2v) is 7.07. The van der Waals surface area contributed by atoms with Gasteiger partial charge in [-0.1, -0.05) is 12.1 Å². The van der Waals surface area contributed by atoms with Crippen molar-refractivity contribution < 1.29 is 18.5 Å². The average molecular weight is 336 g/mol. The first-order chi connectivity index (χ1) is 10.6. The molecule has 0 amide bonds. The summed E-state index contributed by atoms with van der Waals surface area (Å²) >= 11 is 4.35. The molecule has 0 radical (unpaired) electrons.